The molecule has 0 radical (unpaired) electrons. The summed E-state index contributed by atoms with van der Waals surface area (Å²) in [5, 5.41) is 10.00. The number of H-pyrrole nitrogens is 1. The minimum atomic E-state index is 0.684. The molecule has 0 aliphatic heterocycles. The molecule has 5 nitrogen and oxygen atoms in total. The zero-order chi connectivity index (χ0) is 10.5. The van der Waals surface area contributed by atoms with Crippen LogP contribution in [0, 0.1) is 0 Å². The quantitative estimate of drug-likeness (QED) is 0.759. The molecule has 0 aliphatic rings. The Labute approximate surface area is 88.0 Å². The molecule has 0 saturated heterocycles. The van der Waals surface area contributed by atoms with Gasteiger partial charge in [-0.05, 0) is 18.7 Å². The summed E-state index contributed by atoms with van der Waals surface area (Å²) in [5.74, 6) is 1.66. The first-order valence-corrected chi connectivity index (χ1v) is 4.82. The monoisotopic (exact) mass is 203 g/mol. The van der Waals surface area contributed by atoms with Gasteiger partial charge in [-0.25, -0.2) is 4.98 Å². The Balaban J connectivity index is 2.05. The van der Waals surface area contributed by atoms with Crippen molar-refractivity contribution in [2.45, 2.75) is 13.0 Å². The van der Waals surface area contributed by atoms with Gasteiger partial charge in [-0.15, -0.1) is 0 Å². The molecule has 2 rings (SSSR count). The molecule has 0 spiro atoms. The van der Waals surface area contributed by atoms with Gasteiger partial charge < -0.3 is 5.32 Å². The Morgan fingerprint density at radius 2 is 2.40 bits per heavy atom. The van der Waals surface area contributed by atoms with Gasteiger partial charge in [0, 0.05) is 18.8 Å². The predicted octanol–water partition coefficient (Wildman–Crippen LogP) is 0.510. The maximum Gasteiger partial charge on any atom is 0.164 e. The number of hydrogen-bond donors (Lipinski definition) is 2. The zero-order valence-corrected chi connectivity index (χ0v) is 8.57. The lowest BCUT2D eigenvalue weighted by atomic mass is 10.2. The number of rotatable bonds is 4. The molecular formula is C10H13N5. The second kappa shape index (κ2) is 4.65. The van der Waals surface area contributed by atoms with Gasteiger partial charge in [0.1, 0.15) is 5.82 Å². The third-order valence-electron chi connectivity index (χ3n) is 2.01. The number of hydrogen-bond acceptors (Lipinski definition) is 4. The summed E-state index contributed by atoms with van der Waals surface area (Å²) in [5.41, 5.74) is 1.13. The summed E-state index contributed by atoms with van der Waals surface area (Å²) in [6, 6.07) is 3.94. The lowest BCUT2D eigenvalue weighted by Gasteiger charge is -1.95. The van der Waals surface area contributed by atoms with Crippen LogP contribution in [0.3, 0.4) is 0 Å². The molecule has 15 heavy (non-hydrogen) atoms. The van der Waals surface area contributed by atoms with Gasteiger partial charge in [-0.2, -0.15) is 5.10 Å². The molecule has 2 N–H and O–H groups in total. The van der Waals surface area contributed by atoms with Crippen LogP contribution in [0.1, 0.15) is 17.2 Å². The van der Waals surface area contributed by atoms with E-state index in [1.165, 1.54) is 0 Å². The van der Waals surface area contributed by atoms with Gasteiger partial charge in [-0.3, -0.25) is 10.1 Å². The Kier molecular flexibility index (Phi) is 3.04. The van der Waals surface area contributed by atoms with E-state index >= 15 is 0 Å². The third-order valence-corrected chi connectivity index (χ3v) is 2.01. The molecule has 78 valence electrons. The minimum Gasteiger partial charge on any atom is -0.313 e. The normalized spacial score (nSPS) is 10.5. The van der Waals surface area contributed by atoms with Crippen molar-refractivity contribution in [2.24, 2.45) is 0 Å². The minimum absolute atomic E-state index is 0.684. The van der Waals surface area contributed by atoms with Crippen LogP contribution in [0.5, 0.6) is 0 Å². The number of pyridine rings is 1. The van der Waals surface area contributed by atoms with Crippen LogP contribution in [0.4, 0.5) is 0 Å². The van der Waals surface area contributed by atoms with E-state index in [9.17, 15) is 0 Å². The average Bonchev–Trinajstić information content (AvgIpc) is 2.68. The van der Waals surface area contributed by atoms with E-state index in [0.717, 1.165) is 23.6 Å². The first-order valence-electron chi connectivity index (χ1n) is 4.82. The molecule has 2 aromatic heterocycles. The first-order chi connectivity index (χ1) is 7.38. The van der Waals surface area contributed by atoms with Gasteiger partial charge in [0.25, 0.3) is 0 Å². The van der Waals surface area contributed by atoms with Crippen molar-refractivity contribution in [3.8, 4) is 0 Å². The fraction of sp³-hybridized carbons (Fsp3) is 0.300. The fourth-order valence-electron chi connectivity index (χ4n) is 1.35. The zero-order valence-electron chi connectivity index (χ0n) is 8.57. The van der Waals surface area contributed by atoms with Crippen LogP contribution in [0.2, 0.25) is 0 Å². The summed E-state index contributed by atoms with van der Waals surface area (Å²) in [4.78, 5) is 8.39. The predicted molar refractivity (Wildman–Crippen MR) is 56.2 cm³/mol. The summed E-state index contributed by atoms with van der Waals surface area (Å²) in [6.07, 6.45) is 4.33. The molecule has 2 aromatic rings. The maximum absolute atomic E-state index is 4.34. The SMILES string of the molecule is CNCc1n[nH]c(Cc2cccnc2)n1. The highest BCUT2D eigenvalue weighted by molar-refractivity contribution is 5.13. The third kappa shape index (κ3) is 2.60. The molecule has 5 heteroatoms. The van der Waals surface area contributed by atoms with Gasteiger partial charge in [0.05, 0.1) is 6.54 Å². The van der Waals surface area contributed by atoms with Crippen molar-refractivity contribution in [3.05, 3.63) is 41.7 Å². The van der Waals surface area contributed by atoms with Crippen molar-refractivity contribution in [3.63, 3.8) is 0 Å². The van der Waals surface area contributed by atoms with Gasteiger partial charge in [0.15, 0.2) is 5.82 Å². The van der Waals surface area contributed by atoms with E-state index in [-0.39, 0.29) is 0 Å². The van der Waals surface area contributed by atoms with Crippen LogP contribution in [0.15, 0.2) is 24.5 Å². The number of nitrogens with one attached hydrogen (secondary N) is 2. The standard InChI is InChI=1S/C10H13N5/c1-11-7-10-13-9(14-15-10)5-8-3-2-4-12-6-8/h2-4,6,11H,5,7H2,1H3,(H,13,14,15). The van der Waals surface area contributed by atoms with Crippen molar-refractivity contribution in [1.82, 2.24) is 25.5 Å². The van der Waals surface area contributed by atoms with Crippen LogP contribution < -0.4 is 5.32 Å². The number of nitrogens with zero attached hydrogens (tertiary/aromatic N) is 3. The molecule has 0 unspecified atom stereocenters. The lowest BCUT2D eigenvalue weighted by Crippen LogP contribution is -2.06. The molecule has 0 atom stereocenters. The smallest absolute Gasteiger partial charge is 0.164 e. The number of aromatic amines is 1. The molecule has 0 amide bonds. The maximum atomic E-state index is 4.34. The lowest BCUT2D eigenvalue weighted by molar-refractivity contribution is 0.762. The van der Waals surface area contributed by atoms with Crippen LogP contribution in [0.25, 0.3) is 0 Å². The summed E-state index contributed by atoms with van der Waals surface area (Å²) in [6.45, 7) is 0.684. The van der Waals surface area contributed by atoms with E-state index < -0.39 is 0 Å². The highest BCUT2D eigenvalue weighted by Gasteiger charge is 2.02. The topological polar surface area (TPSA) is 66.5 Å². The highest BCUT2D eigenvalue weighted by atomic mass is 15.2. The van der Waals surface area contributed by atoms with Gasteiger partial charge >= 0.3 is 0 Å². The van der Waals surface area contributed by atoms with Crippen molar-refractivity contribution < 1.29 is 0 Å². The summed E-state index contributed by atoms with van der Waals surface area (Å²) < 4.78 is 0. The average molecular weight is 203 g/mol. The van der Waals surface area contributed by atoms with Crippen LogP contribution in [-0.2, 0) is 13.0 Å². The molecule has 0 aromatic carbocycles. The summed E-state index contributed by atoms with van der Waals surface area (Å²) >= 11 is 0. The van der Waals surface area contributed by atoms with E-state index in [0.29, 0.717) is 6.54 Å². The van der Waals surface area contributed by atoms with Crippen molar-refractivity contribution in [2.75, 3.05) is 7.05 Å². The Morgan fingerprint density at radius 3 is 3.13 bits per heavy atom. The Morgan fingerprint density at radius 1 is 1.47 bits per heavy atom. The molecule has 2 heterocycles. The van der Waals surface area contributed by atoms with E-state index in [2.05, 4.69) is 25.5 Å². The van der Waals surface area contributed by atoms with E-state index in [1.54, 1.807) is 6.20 Å². The van der Waals surface area contributed by atoms with Crippen LogP contribution in [-0.4, -0.2) is 27.2 Å². The van der Waals surface area contributed by atoms with Gasteiger partial charge in [0.2, 0.25) is 0 Å². The largest absolute Gasteiger partial charge is 0.313 e. The summed E-state index contributed by atoms with van der Waals surface area (Å²) in [7, 11) is 1.87. The molecule has 0 bridgehead atoms. The van der Waals surface area contributed by atoms with Gasteiger partial charge in [-0.1, -0.05) is 6.07 Å². The Bertz CT molecular complexity index is 409. The molecule has 0 saturated carbocycles. The fourth-order valence-corrected chi connectivity index (χ4v) is 1.35. The number of aromatic nitrogens is 4. The van der Waals surface area contributed by atoms with E-state index in [4.69, 9.17) is 0 Å². The second-order valence-electron chi connectivity index (χ2n) is 3.27. The first kappa shape index (κ1) is 9.79. The molecular weight excluding hydrogens is 190 g/mol. The highest BCUT2D eigenvalue weighted by Crippen LogP contribution is 2.03. The Hall–Kier alpha value is -1.75. The molecule has 0 aliphatic carbocycles. The molecule has 0 fully saturated rings. The second-order valence-corrected chi connectivity index (χ2v) is 3.27. The van der Waals surface area contributed by atoms with E-state index in [1.807, 2.05) is 25.4 Å². The van der Waals surface area contributed by atoms with Crippen molar-refractivity contribution in [1.29, 1.82) is 0 Å². The van der Waals surface area contributed by atoms with Crippen LogP contribution >= 0.6 is 0 Å². The van der Waals surface area contributed by atoms with Crippen molar-refractivity contribution >= 4 is 0 Å².